The highest BCUT2D eigenvalue weighted by molar-refractivity contribution is 7.91. The van der Waals surface area contributed by atoms with Crippen LogP contribution >= 0.6 is 0 Å². The summed E-state index contributed by atoms with van der Waals surface area (Å²) in [4.78, 5) is 16.1. The van der Waals surface area contributed by atoms with Gasteiger partial charge >= 0.3 is 0 Å². The fourth-order valence-electron chi connectivity index (χ4n) is 3.48. The molecule has 1 aliphatic rings. The Labute approximate surface area is 171 Å². The van der Waals surface area contributed by atoms with Gasteiger partial charge in [-0.1, -0.05) is 6.92 Å². The summed E-state index contributed by atoms with van der Waals surface area (Å²) in [5.41, 5.74) is 1.24. The molecule has 1 N–H and O–H groups in total. The largest absolute Gasteiger partial charge is 0.369 e. The number of hydrogen-bond donors (Lipinski definition) is 1. The van der Waals surface area contributed by atoms with Crippen LogP contribution in [0.2, 0.25) is 0 Å². The second kappa shape index (κ2) is 8.92. The second-order valence-electron chi connectivity index (χ2n) is 7.02. The van der Waals surface area contributed by atoms with Crippen LogP contribution in [0.1, 0.15) is 20.3 Å². The molecule has 2 aromatic rings. The predicted molar refractivity (Wildman–Crippen MR) is 112 cm³/mol. The van der Waals surface area contributed by atoms with E-state index in [1.54, 1.807) is 18.2 Å². The summed E-state index contributed by atoms with van der Waals surface area (Å²) in [7, 11) is -3.92. The zero-order chi connectivity index (χ0) is 21.0. The molecule has 0 aromatic heterocycles. The highest BCUT2D eigenvalue weighted by Crippen LogP contribution is 2.34. The number of piperazine rings is 1. The highest BCUT2D eigenvalue weighted by atomic mass is 32.2. The Bertz CT molecular complexity index is 971. The van der Waals surface area contributed by atoms with Gasteiger partial charge in [-0.05, 0) is 48.9 Å². The Morgan fingerprint density at radius 3 is 2.38 bits per heavy atom. The Kier molecular flexibility index (Phi) is 6.54. The topological polar surface area (TPSA) is 69.7 Å². The maximum atomic E-state index is 13.3. The predicted octanol–water partition coefficient (Wildman–Crippen LogP) is 2.83. The van der Waals surface area contributed by atoms with Crippen LogP contribution in [0.3, 0.4) is 0 Å². The molecule has 29 heavy (non-hydrogen) atoms. The van der Waals surface area contributed by atoms with Crippen molar-refractivity contribution in [2.75, 3.05) is 42.5 Å². The summed E-state index contributed by atoms with van der Waals surface area (Å²) >= 11 is 0. The van der Waals surface area contributed by atoms with Crippen molar-refractivity contribution < 1.29 is 17.6 Å². The number of carbonyl (C=O) groups excluding carboxylic acids is 1. The van der Waals surface area contributed by atoms with E-state index in [0.717, 1.165) is 44.0 Å². The van der Waals surface area contributed by atoms with Gasteiger partial charge in [0.15, 0.2) is 0 Å². The number of nitrogens with zero attached hydrogens (tertiary/aromatic N) is 2. The highest BCUT2D eigenvalue weighted by Gasteiger charge is 2.27. The van der Waals surface area contributed by atoms with E-state index in [9.17, 15) is 17.6 Å². The first-order valence-corrected chi connectivity index (χ1v) is 11.2. The molecular weight excluding hydrogens is 393 g/mol. The van der Waals surface area contributed by atoms with E-state index in [1.165, 1.54) is 24.0 Å². The van der Waals surface area contributed by atoms with Gasteiger partial charge in [-0.2, -0.15) is 0 Å². The van der Waals surface area contributed by atoms with Gasteiger partial charge in [0.2, 0.25) is 15.7 Å². The zero-order valence-corrected chi connectivity index (χ0v) is 17.5. The average molecular weight is 420 g/mol. The number of amides is 1. The van der Waals surface area contributed by atoms with Crippen LogP contribution < -0.4 is 15.1 Å². The summed E-state index contributed by atoms with van der Waals surface area (Å²) in [6, 6.07) is 9.84. The summed E-state index contributed by atoms with van der Waals surface area (Å²) in [5.74, 6) is -0.727. The van der Waals surface area contributed by atoms with Crippen molar-refractivity contribution in [1.82, 2.24) is 5.32 Å². The van der Waals surface area contributed by atoms with E-state index in [2.05, 4.69) is 10.2 Å². The first-order valence-electron chi connectivity index (χ1n) is 9.73. The number of carbonyl (C=O) groups is 1. The Morgan fingerprint density at radius 2 is 1.79 bits per heavy atom. The fourth-order valence-corrected chi connectivity index (χ4v) is 4.92. The van der Waals surface area contributed by atoms with Gasteiger partial charge in [0, 0.05) is 45.3 Å². The van der Waals surface area contributed by atoms with Gasteiger partial charge in [-0.15, -0.1) is 0 Å². The Balaban J connectivity index is 2.14. The van der Waals surface area contributed by atoms with Crippen LogP contribution in [0.25, 0.3) is 0 Å². The van der Waals surface area contributed by atoms with Gasteiger partial charge in [0.1, 0.15) is 5.82 Å². The lowest BCUT2D eigenvalue weighted by atomic mass is 10.2. The second-order valence-corrected chi connectivity index (χ2v) is 8.94. The van der Waals surface area contributed by atoms with Crippen LogP contribution in [0.4, 0.5) is 15.8 Å². The number of benzene rings is 2. The van der Waals surface area contributed by atoms with E-state index >= 15 is 0 Å². The summed E-state index contributed by atoms with van der Waals surface area (Å²) in [5, 5.41) is 3.29. The van der Waals surface area contributed by atoms with Gasteiger partial charge in [0.25, 0.3) is 0 Å². The molecule has 2 aromatic carbocycles. The normalized spacial score (nSPS) is 14.7. The molecule has 6 nitrogen and oxygen atoms in total. The van der Waals surface area contributed by atoms with Gasteiger partial charge < -0.3 is 15.1 Å². The van der Waals surface area contributed by atoms with Crippen molar-refractivity contribution in [2.45, 2.75) is 30.1 Å². The summed E-state index contributed by atoms with van der Waals surface area (Å²) in [6.07, 6.45) is 0.688. The molecule has 156 valence electrons. The van der Waals surface area contributed by atoms with Crippen molar-refractivity contribution in [3.05, 3.63) is 48.3 Å². The van der Waals surface area contributed by atoms with Crippen LogP contribution in [0.15, 0.2) is 52.3 Å². The number of sulfone groups is 1. The van der Waals surface area contributed by atoms with Crippen molar-refractivity contribution >= 4 is 27.1 Å². The van der Waals surface area contributed by atoms with Gasteiger partial charge in [-0.3, -0.25) is 4.79 Å². The first kappa shape index (κ1) is 21.3. The van der Waals surface area contributed by atoms with Crippen molar-refractivity contribution in [3.63, 3.8) is 0 Å². The maximum absolute atomic E-state index is 13.3. The Hall–Kier alpha value is -2.45. The van der Waals surface area contributed by atoms with Gasteiger partial charge in [-0.25, -0.2) is 12.8 Å². The molecule has 0 aliphatic carbocycles. The minimum Gasteiger partial charge on any atom is -0.369 e. The third-order valence-electron chi connectivity index (χ3n) is 4.96. The Morgan fingerprint density at radius 1 is 1.14 bits per heavy atom. The minimum atomic E-state index is -3.92. The molecule has 1 fully saturated rings. The third kappa shape index (κ3) is 4.59. The number of nitrogens with one attached hydrogen (secondary N) is 1. The van der Waals surface area contributed by atoms with Crippen LogP contribution in [0, 0.1) is 5.82 Å². The molecule has 1 saturated heterocycles. The average Bonchev–Trinajstić information content (AvgIpc) is 2.72. The van der Waals surface area contributed by atoms with E-state index in [-0.39, 0.29) is 15.7 Å². The number of halogens is 1. The lowest BCUT2D eigenvalue weighted by molar-refractivity contribution is -0.116. The molecule has 1 heterocycles. The first-order chi connectivity index (χ1) is 13.8. The van der Waals surface area contributed by atoms with Crippen LogP contribution in [0.5, 0.6) is 0 Å². The SMILES string of the molecule is CCCN(C(C)=O)c1cc(N2CCNCC2)ccc1S(=O)(=O)c1ccc(F)cc1. The molecule has 0 radical (unpaired) electrons. The monoisotopic (exact) mass is 419 g/mol. The molecule has 0 unspecified atom stereocenters. The smallest absolute Gasteiger partial charge is 0.223 e. The van der Waals surface area contributed by atoms with Crippen LogP contribution in [-0.2, 0) is 14.6 Å². The van der Waals surface area contributed by atoms with E-state index in [4.69, 9.17) is 0 Å². The van der Waals surface area contributed by atoms with Crippen LogP contribution in [-0.4, -0.2) is 47.0 Å². The molecular formula is C21H26FN3O3S. The molecule has 0 spiro atoms. The van der Waals surface area contributed by atoms with E-state index in [0.29, 0.717) is 18.7 Å². The van der Waals surface area contributed by atoms with Crippen molar-refractivity contribution in [3.8, 4) is 0 Å². The lowest BCUT2D eigenvalue weighted by Gasteiger charge is -2.31. The quantitative estimate of drug-likeness (QED) is 0.729. The molecule has 0 bridgehead atoms. The number of rotatable bonds is 6. The molecule has 1 amide bonds. The molecule has 1 aliphatic heterocycles. The molecule has 0 atom stereocenters. The standard InChI is InChI=1S/C21H26FN3O3S/c1-3-12-25(16(2)26)20-15-18(24-13-10-23-11-14-24)6-9-21(20)29(27,28)19-7-4-17(22)5-8-19/h4-9,15,23H,3,10-14H2,1-2H3. The number of hydrogen-bond acceptors (Lipinski definition) is 5. The zero-order valence-electron chi connectivity index (χ0n) is 16.7. The lowest BCUT2D eigenvalue weighted by Crippen LogP contribution is -2.43. The fraction of sp³-hybridized carbons (Fsp3) is 0.381. The third-order valence-corrected chi connectivity index (χ3v) is 6.77. The summed E-state index contributed by atoms with van der Waals surface area (Å²) < 4.78 is 39.9. The van der Waals surface area contributed by atoms with E-state index < -0.39 is 15.7 Å². The van der Waals surface area contributed by atoms with Crippen molar-refractivity contribution in [2.24, 2.45) is 0 Å². The molecule has 0 saturated carbocycles. The van der Waals surface area contributed by atoms with Crippen molar-refractivity contribution in [1.29, 1.82) is 0 Å². The molecule has 8 heteroatoms. The molecule has 3 rings (SSSR count). The maximum Gasteiger partial charge on any atom is 0.223 e. The number of anilines is 2. The minimum absolute atomic E-state index is 0.00456. The van der Waals surface area contributed by atoms with E-state index in [1.807, 2.05) is 6.92 Å². The summed E-state index contributed by atoms with van der Waals surface area (Å²) in [6.45, 7) is 7.07. The van der Waals surface area contributed by atoms with Gasteiger partial charge in [0.05, 0.1) is 15.5 Å².